The van der Waals surface area contributed by atoms with Crippen molar-refractivity contribution in [2.45, 2.75) is 6.54 Å². The number of hydrogen-bond donors (Lipinski definition) is 0. The normalized spacial score (nSPS) is 11.4. The Bertz CT molecular complexity index is 1400. The van der Waals surface area contributed by atoms with Gasteiger partial charge in [-0.1, -0.05) is 41.1 Å². The highest BCUT2D eigenvalue weighted by Crippen LogP contribution is 2.38. The van der Waals surface area contributed by atoms with Crippen molar-refractivity contribution in [2.24, 2.45) is 0 Å². The Labute approximate surface area is 181 Å². The predicted molar refractivity (Wildman–Crippen MR) is 116 cm³/mol. The first-order valence-corrected chi connectivity index (χ1v) is 10.8. The summed E-state index contributed by atoms with van der Waals surface area (Å²) < 4.78 is 34.4. The number of anilines is 1. The lowest BCUT2D eigenvalue weighted by molar-refractivity contribution is 0.0987. The predicted octanol–water partition coefficient (Wildman–Crippen LogP) is 6.88. The van der Waals surface area contributed by atoms with Crippen LogP contribution < -0.4 is 4.90 Å². The fraction of sp³-hybridized carbons (Fsp3) is 0.0476. The number of carbonyl (C=O) groups excluding carboxylic acids is 1. The smallest absolute Gasteiger partial charge is 0.272 e. The molecule has 0 unspecified atom stereocenters. The number of thiophene rings is 1. The Hall–Kier alpha value is -2.81. The Morgan fingerprint density at radius 1 is 1.10 bits per heavy atom. The van der Waals surface area contributed by atoms with Gasteiger partial charge in [0.15, 0.2) is 10.9 Å². The van der Waals surface area contributed by atoms with Gasteiger partial charge in [0, 0.05) is 16.2 Å². The van der Waals surface area contributed by atoms with E-state index in [1.807, 2.05) is 24.3 Å². The van der Waals surface area contributed by atoms with Gasteiger partial charge in [0.2, 0.25) is 0 Å². The Kier molecular flexibility index (Phi) is 4.77. The maximum atomic E-state index is 14.2. The molecule has 0 radical (unpaired) electrons. The highest BCUT2D eigenvalue weighted by Gasteiger charge is 2.27. The number of aromatic nitrogens is 1. The molecule has 3 heterocycles. The molecule has 0 saturated carbocycles. The minimum Gasteiger partial charge on any atom is -0.467 e. The summed E-state index contributed by atoms with van der Waals surface area (Å²) in [7, 11) is 0. The van der Waals surface area contributed by atoms with E-state index in [1.54, 1.807) is 12.1 Å². The van der Waals surface area contributed by atoms with Crippen LogP contribution >= 0.6 is 34.3 Å². The zero-order valence-corrected chi connectivity index (χ0v) is 17.5. The average molecular weight is 461 g/mol. The van der Waals surface area contributed by atoms with Crippen molar-refractivity contribution in [3.8, 4) is 0 Å². The summed E-state index contributed by atoms with van der Waals surface area (Å²) in [5, 5.41) is 1.36. The standard InChI is InChI=1S/C21H11ClF2N2O2S2/c22-17-13-5-1-2-6-15(13)29-19(17)20(27)26(10-12-4-3-7-28-12)21-25-18-14(24)8-11(23)9-16(18)30-21/h1-9H,10H2. The van der Waals surface area contributed by atoms with E-state index in [-0.39, 0.29) is 17.2 Å². The monoisotopic (exact) mass is 460 g/mol. The maximum absolute atomic E-state index is 14.2. The summed E-state index contributed by atoms with van der Waals surface area (Å²) in [6.45, 7) is 0.0698. The largest absolute Gasteiger partial charge is 0.467 e. The Balaban J connectivity index is 1.64. The number of hydrogen-bond acceptors (Lipinski definition) is 5. The van der Waals surface area contributed by atoms with Gasteiger partial charge in [-0.15, -0.1) is 11.3 Å². The molecular formula is C21H11ClF2N2O2S2. The molecule has 0 fully saturated rings. The number of carbonyl (C=O) groups is 1. The number of halogens is 3. The molecule has 150 valence electrons. The third kappa shape index (κ3) is 3.27. The van der Waals surface area contributed by atoms with Crippen LogP contribution in [0.5, 0.6) is 0 Å². The molecule has 0 spiro atoms. The topological polar surface area (TPSA) is 46.3 Å². The fourth-order valence-electron chi connectivity index (χ4n) is 3.12. The van der Waals surface area contributed by atoms with E-state index in [1.165, 1.54) is 28.6 Å². The highest BCUT2D eigenvalue weighted by atomic mass is 35.5. The number of amides is 1. The van der Waals surface area contributed by atoms with Crippen molar-refractivity contribution in [1.82, 2.24) is 4.98 Å². The van der Waals surface area contributed by atoms with E-state index >= 15 is 0 Å². The van der Waals surface area contributed by atoms with Gasteiger partial charge < -0.3 is 4.42 Å². The fourth-order valence-corrected chi connectivity index (χ4v) is 5.58. The summed E-state index contributed by atoms with van der Waals surface area (Å²) in [4.78, 5) is 19.5. The summed E-state index contributed by atoms with van der Waals surface area (Å²) in [5.41, 5.74) is 0.0103. The van der Waals surface area contributed by atoms with E-state index in [2.05, 4.69) is 4.98 Å². The number of furan rings is 1. The molecule has 4 nitrogen and oxygen atoms in total. The highest BCUT2D eigenvalue weighted by molar-refractivity contribution is 7.23. The van der Waals surface area contributed by atoms with Crippen LogP contribution in [-0.2, 0) is 6.54 Å². The number of fused-ring (bicyclic) bond motifs is 2. The second-order valence-electron chi connectivity index (χ2n) is 6.44. The van der Waals surface area contributed by atoms with E-state index in [0.29, 0.717) is 20.4 Å². The van der Waals surface area contributed by atoms with Gasteiger partial charge >= 0.3 is 0 Å². The lowest BCUT2D eigenvalue weighted by atomic mass is 10.2. The quantitative estimate of drug-likeness (QED) is 0.293. The molecule has 0 N–H and O–H groups in total. The molecule has 0 aliphatic carbocycles. The molecule has 9 heteroatoms. The molecule has 3 aromatic heterocycles. The van der Waals surface area contributed by atoms with Crippen molar-refractivity contribution >= 4 is 65.6 Å². The average Bonchev–Trinajstić information content (AvgIpc) is 3.45. The van der Waals surface area contributed by atoms with Crippen molar-refractivity contribution < 1.29 is 18.0 Å². The van der Waals surface area contributed by atoms with Crippen LogP contribution in [0, 0.1) is 11.6 Å². The van der Waals surface area contributed by atoms with Crippen LogP contribution in [0.4, 0.5) is 13.9 Å². The van der Waals surface area contributed by atoms with Gasteiger partial charge in [-0.3, -0.25) is 9.69 Å². The first-order valence-electron chi connectivity index (χ1n) is 8.78. The van der Waals surface area contributed by atoms with E-state index < -0.39 is 17.5 Å². The van der Waals surface area contributed by atoms with Crippen LogP contribution in [0.2, 0.25) is 5.02 Å². The number of rotatable bonds is 4. The van der Waals surface area contributed by atoms with Crippen LogP contribution in [0.15, 0.2) is 59.2 Å². The SMILES string of the molecule is O=C(c1sc2ccccc2c1Cl)N(Cc1ccco1)c1nc2c(F)cc(F)cc2s1. The first kappa shape index (κ1) is 19.2. The summed E-state index contributed by atoms with van der Waals surface area (Å²) in [6.07, 6.45) is 1.50. The molecule has 0 aliphatic rings. The molecular weight excluding hydrogens is 450 g/mol. The van der Waals surface area contributed by atoms with Crippen LogP contribution in [0.3, 0.4) is 0 Å². The van der Waals surface area contributed by atoms with Crippen LogP contribution in [0.1, 0.15) is 15.4 Å². The van der Waals surface area contributed by atoms with E-state index in [4.69, 9.17) is 16.0 Å². The van der Waals surface area contributed by atoms with Crippen molar-refractivity contribution in [3.05, 3.63) is 82.1 Å². The molecule has 2 aromatic carbocycles. The van der Waals surface area contributed by atoms with Crippen molar-refractivity contribution in [3.63, 3.8) is 0 Å². The Morgan fingerprint density at radius 2 is 1.93 bits per heavy atom. The molecule has 0 atom stereocenters. The molecule has 30 heavy (non-hydrogen) atoms. The number of benzene rings is 2. The van der Waals surface area contributed by atoms with Crippen molar-refractivity contribution in [2.75, 3.05) is 4.90 Å². The first-order chi connectivity index (χ1) is 14.5. The second-order valence-corrected chi connectivity index (χ2v) is 8.88. The second kappa shape index (κ2) is 7.46. The molecule has 0 bridgehead atoms. The lowest BCUT2D eigenvalue weighted by Crippen LogP contribution is -2.29. The van der Waals surface area contributed by atoms with Gasteiger partial charge in [0.1, 0.15) is 22.0 Å². The molecule has 1 amide bonds. The summed E-state index contributed by atoms with van der Waals surface area (Å²) in [6, 6.07) is 12.8. The van der Waals surface area contributed by atoms with Gasteiger partial charge in [0.05, 0.1) is 22.5 Å². The zero-order valence-electron chi connectivity index (χ0n) is 15.1. The number of nitrogens with zero attached hydrogens (tertiary/aromatic N) is 2. The molecule has 5 aromatic rings. The number of thiazole rings is 1. The third-order valence-corrected chi connectivity index (χ3v) is 7.19. The third-order valence-electron chi connectivity index (χ3n) is 4.50. The maximum Gasteiger partial charge on any atom is 0.272 e. The van der Waals surface area contributed by atoms with Gasteiger partial charge in [0.25, 0.3) is 5.91 Å². The zero-order chi connectivity index (χ0) is 20.8. The van der Waals surface area contributed by atoms with E-state index in [0.717, 1.165) is 27.5 Å². The van der Waals surface area contributed by atoms with Crippen LogP contribution in [0.25, 0.3) is 20.3 Å². The molecule has 5 rings (SSSR count). The molecule has 0 saturated heterocycles. The lowest BCUT2D eigenvalue weighted by Gasteiger charge is -2.18. The van der Waals surface area contributed by atoms with Gasteiger partial charge in [-0.25, -0.2) is 13.8 Å². The van der Waals surface area contributed by atoms with Gasteiger partial charge in [-0.2, -0.15) is 0 Å². The van der Waals surface area contributed by atoms with Crippen LogP contribution in [-0.4, -0.2) is 10.9 Å². The summed E-state index contributed by atoms with van der Waals surface area (Å²) in [5.74, 6) is -1.35. The van der Waals surface area contributed by atoms with E-state index in [9.17, 15) is 13.6 Å². The Morgan fingerprint density at radius 3 is 2.70 bits per heavy atom. The van der Waals surface area contributed by atoms with Gasteiger partial charge in [-0.05, 0) is 24.3 Å². The minimum absolute atomic E-state index is 0.0103. The molecule has 0 aliphatic heterocycles. The summed E-state index contributed by atoms with van der Waals surface area (Å²) >= 11 is 8.80. The minimum atomic E-state index is -0.780. The van der Waals surface area contributed by atoms with Crippen molar-refractivity contribution in [1.29, 1.82) is 0 Å².